The molecule has 3 rings (SSSR count). The molecule has 6 heteroatoms. The number of halogens is 1. The largest absolute Gasteiger partial charge is 0.382 e. The fraction of sp³-hybridized carbons (Fsp3) is 0.500. The number of aryl methyl sites for hydroxylation is 1. The van der Waals surface area contributed by atoms with Crippen molar-refractivity contribution in [3.8, 4) is 0 Å². The van der Waals surface area contributed by atoms with Crippen LogP contribution in [0.4, 0.5) is 5.69 Å². The van der Waals surface area contributed by atoms with Gasteiger partial charge in [0.25, 0.3) is 0 Å². The van der Waals surface area contributed by atoms with Crippen LogP contribution in [0, 0.1) is 0 Å². The van der Waals surface area contributed by atoms with Gasteiger partial charge in [0, 0.05) is 44.8 Å². The van der Waals surface area contributed by atoms with E-state index in [2.05, 4.69) is 64.5 Å². The highest BCUT2D eigenvalue weighted by molar-refractivity contribution is 6.30. The molecule has 0 atom stereocenters. The molecule has 1 aromatic heterocycles. The summed E-state index contributed by atoms with van der Waals surface area (Å²) in [5.41, 5.74) is 2.47. The predicted molar refractivity (Wildman–Crippen MR) is 104 cm³/mol. The zero-order chi connectivity index (χ0) is 16.9. The van der Waals surface area contributed by atoms with E-state index in [0.717, 1.165) is 57.1 Å². The van der Waals surface area contributed by atoms with Crippen LogP contribution in [0.1, 0.15) is 31.3 Å². The Hall–Kier alpha value is -1.46. The maximum atomic E-state index is 6.40. The number of anilines is 1. The van der Waals surface area contributed by atoms with E-state index in [-0.39, 0.29) is 0 Å². The van der Waals surface area contributed by atoms with Gasteiger partial charge in [-0.2, -0.15) is 0 Å². The predicted octanol–water partition coefficient (Wildman–Crippen LogP) is 2.60. The smallest absolute Gasteiger partial charge is 0.225 e. The molecule has 0 N–H and O–H groups in total. The summed E-state index contributed by atoms with van der Waals surface area (Å²) in [7, 11) is 2.10. The number of benzene rings is 1. The van der Waals surface area contributed by atoms with Crippen LogP contribution in [0.15, 0.2) is 30.3 Å². The number of piperazine rings is 1. The topological polar surface area (TPSA) is 24.3 Å². The second-order valence-corrected chi connectivity index (χ2v) is 6.88. The Labute approximate surface area is 150 Å². The number of aromatic nitrogens is 2. The average Bonchev–Trinajstić information content (AvgIpc) is 2.89. The van der Waals surface area contributed by atoms with Gasteiger partial charge in [0.05, 0.1) is 11.5 Å². The van der Waals surface area contributed by atoms with Gasteiger partial charge in [-0.05, 0) is 18.6 Å². The number of hydrogen-bond donors (Lipinski definition) is 0. The molecular weight excluding hydrogens is 318 g/mol. The first-order chi connectivity index (χ1) is 11.7. The van der Waals surface area contributed by atoms with Crippen molar-refractivity contribution in [2.75, 3.05) is 31.1 Å². The van der Waals surface area contributed by atoms with Gasteiger partial charge >= 0.3 is 0 Å². The Kier molecular flexibility index (Phi) is 5.85. The molecule has 1 aliphatic rings. The number of imidazole rings is 1. The van der Waals surface area contributed by atoms with E-state index in [1.807, 2.05) is 0 Å². The Morgan fingerprint density at radius 2 is 1.83 bits per heavy atom. The summed E-state index contributed by atoms with van der Waals surface area (Å²) in [5.74, 6) is 1.11. The van der Waals surface area contributed by atoms with Crippen LogP contribution in [0.25, 0.3) is 0 Å². The lowest BCUT2D eigenvalue weighted by Crippen LogP contribution is -2.46. The fourth-order valence-corrected chi connectivity index (χ4v) is 3.58. The minimum absolute atomic E-state index is 0.675. The Balaban J connectivity index is 1.59. The van der Waals surface area contributed by atoms with Gasteiger partial charge < -0.3 is 9.38 Å². The number of unbranched alkanes of at least 4 members (excludes halogenated alkanes) is 1. The summed E-state index contributed by atoms with van der Waals surface area (Å²) in [5, 5.41) is 0.675. The maximum absolute atomic E-state index is 6.40. The maximum Gasteiger partial charge on any atom is 0.225 e. The number of rotatable bonds is 6. The fourth-order valence-electron chi connectivity index (χ4n) is 3.29. The van der Waals surface area contributed by atoms with Crippen LogP contribution in [0.5, 0.6) is 0 Å². The first-order valence-corrected chi connectivity index (χ1v) is 9.29. The summed E-state index contributed by atoms with van der Waals surface area (Å²) in [4.78, 5) is 9.50. The molecule has 0 spiro atoms. The SMILES string of the molecule is Bn1c(CCCC)nc(Cl)c1CN1CCN(c2ccccc2)CC1. The van der Waals surface area contributed by atoms with Crippen molar-refractivity contribution in [2.45, 2.75) is 32.7 Å². The molecule has 0 unspecified atom stereocenters. The van der Waals surface area contributed by atoms with Crippen molar-refractivity contribution in [1.82, 2.24) is 14.4 Å². The standard InChI is InChI=1S/C18H26BClN4/c1-2-3-9-17-21-18(20)16(24(17)19)14-22-10-12-23(13-11-22)15-7-5-4-6-8-15/h4-8H,2-3,9-14,19H2,1H3. The zero-order valence-electron chi connectivity index (χ0n) is 14.7. The van der Waals surface area contributed by atoms with Gasteiger partial charge in [0.1, 0.15) is 0 Å². The highest BCUT2D eigenvalue weighted by Crippen LogP contribution is 2.21. The van der Waals surface area contributed by atoms with Gasteiger partial charge in [-0.15, -0.1) is 0 Å². The Bertz CT molecular complexity index is 651. The summed E-state index contributed by atoms with van der Waals surface area (Å²) >= 11 is 6.40. The van der Waals surface area contributed by atoms with E-state index in [4.69, 9.17) is 11.6 Å². The average molecular weight is 345 g/mol. The molecule has 1 aliphatic heterocycles. The summed E-state index contributed by atoms with van der Waals surface area (Å²) in [6, 6.07) is 10.7. The van der Waals surface area contributed by atoms with E-state index in [1.54, 1.807) is 0 Å². The molecule has 0 amide bonds. The molecule has 2 aromatic rings. The van der Waals surface area contributed by atoms with E-state index < -0.39 is 0 Å². The highest BCUT2D eigenvalue weighted by Gasteiger charge is 2.20. The lowest BCUT2D eigenvalue weighted by atomic mass is 10.2. The minimum Gasteiger partial charge on any atom is -0.382 e. The van der Waals surface area contributed by atoms with Crippen LogP contribution in [0.3, 0.4) is 0 Å². The highest BCUT2D eigenvalue weighted by atomic mass is 35.5. The van der Waals surface area contributed by atoms with Gasteiger partial charge in [0.2, 0.25) is 7.98 Å². The minimum atomic E-state index is 0.675. The second kappa shape index (κ2) is 8.08. The van der Waals surface area contributed by atoms with Crippen LogP contribution in [-0.2, 0) is 13.0 Å². The van der Waals surface area contributed by atoms with Crippen molar-refractivity contribution in [3.05, 3.63) is 47.0 Å². The van der Waals surface area contributed by atoms with E-state index in [9.17, 15) is 0 Å². The number of hydrogen-bond acceptors (Lipinski definition) is 3. The number of nitrogens with zero attached hydrogens (tertiary/aromatic N) is 4. The van der Waals surface area contributed by atoms with Crippen molar-refractivity contribution in [2.24, 2.45) is 0 Å². The molecule has 0 aliphatic carbocycles. The molecule has 1 fully saturated rings. The third kappa shape index (κ3) is 3.96. The second-order valence-electron chi connectivity index (χ2n) is 6.53. The van der Waals surface area contributed by atoms with Crippen molar-refractivity contribution >= 4 is 25.3 Å². The normalized spacial score (nSPS) is 15.8. The first-order valence-electron chi connectivity index (χ1n) is 8.91. The lowest BCUT2D eigenvalue weighted by Gasteiger charge is -2.36. The molecule has 1 saturated heterocycles. The molecule has 0 bridgehead atoms. The van der Waals surface area contributed by atoms with Gasteiger partial charge in [-0.3, -0.25) is 4.90 Å². The van der Waals surface area contributed by atoms with Gasteiger partial charge in [-0.1, -0.05) is 43.1 Å². The van der Waals surface area contributed by atoms with Gasteiger partial charge in [0.15, 0.2) is 5.15 Å². The molecular formula is C18H26BClN4. The summed E-state index contributed by atoms with van der Waals surface area (Å²) in [6.45, 7) is 7.32. The quantitative estimate of drug-likeness (QED) is 0.753. The molecule has 1 aromatic carbocycles. The van der Waals surface area contributed by atoms with Crippen LogP contribution >= 0.6 is 11.6 Å². The number of para-hydroxylation sites is 1. The molecule has 4 nitrogen and oxygen atoms in total. The van der Waals surface area contributed by atoms with Crippen LogP contribution in [-0.4, -0.2) is 48.5 Å². The van der Waals surface area contributed by atoms with E-state index in [1.165, 1.54) is 12.1 Å². The van der Waals surface area contributed by atoms with Gasteiger partial charge in [-0.25, -0.2) is 4.98 Å². The van der Waals surface area contributed by atoms with Crippen molar-refractivity contribution < 1.29 is 0 Å². The Morgan fingerprint density at radius 3 is 2.50 bits per heavy atom. The summed E-state index contributed by atoms with van der Waals surface area (Å²) in [6.07, 6.45) is 3.35. The molecule has 128 valence electrons. The van der Waals surface area contributed by atoms with Crippen molar-refractivity contribution in [3.63, 3.8) is 0 Å². The summed E-state index contributed by atoms with van der Waals surface area (Å²) < 4.78 is 2.20. The molecule has 24 heavy (non-hydrogen) atoms. The molecule has 0 radical (unpaired) electrons. The molecule has 2 heterocycles. The molecule has 0 saturated carbocycles. The zero-order valence-corrected chi connectivity index (χ0v) is 15.5. The van der Waals surface area contributed by atoms with Crippen molar-refractivity contribution in [1.29, 1.82) is 0 Å². The monoisotopic (exact) mass is 344 g/mol. The van der Waals surface area contributed by atoms with Crippen LogP contribution in [0.2, 0.25) is 5.15 Å². The lowest BCUT2D eigenvalue weighted by molar-refractivity contribution is 0.246. The third-order valence-corrected chi connectivity index (χ3v) is 5.18. The van der Waals surface area contributed by atoms with E-state index >= 15 is 0 Å². The first kappa shape index (κ1) is 17.4. The Morgan fingerprint density at radius 1 is 1.12 bits per heavy atom. The van der Waals surface area contributed by atoms with Crippen LogP contribution < -0.4 is 4.90 Å². The van der Waals surface area contributed by atoms with E-state index in [0.29, 0.717) is 5.15 Å². The third-order valence-electron chi connectivity index (χ3n) is 4.88.